The van der Waals surface area contributed by atoms with E-state index in [2.05, 4.69) is 15.9 Å². The molecule has 0 aliphatic carbocycles. The second-order valence-electron chi connectivity index (χ2n) is 4.28. The molecule has 1 atom stereocenters. The molecule has 0 saturated carbocycles. The van der Waals surface area contributed by atoms with Gasteiger partial charge in [0.15, 0.2) is 0 Å². The Hall–Kier alpha value is -1.32. The SMILES string of the molecule is Cc1ccc(Oc2ccc(C(C)O)cc2)c(Br)c1. The van der Waals surface area contributed by atoms with Crippen molar-refractivity contribution in [3.8, 4) is 11.5 Å². The first kappa shape index (κ1) is 13.1. The summed E-state index contributed by atoms with van der Waals surface area (Å²) in [5.74, 6) is 1.54. The molecule has 0 fully saturated rings. The number of halogens is 1. The summed E-state index contributed by atoms with van der Waals surface area (Å²) < 4.78 is 6.70. The molecule has 0 aliphatic rings. The number of aliphatic hydroxyl groups is 1. The Morgan fingerprint density at radius 3 is 2.33 bits per heavy atom. The Morgan fingerprint density at radius 1 is 1.11 bits per heavy atom. The van der Waals surface area contributed by atoms with Crippen molar-refractivity contribution in [1.82, 2.24) is 0 Å². The van der Waals surface area contributed by atoms with Crippen molar-refractivity contribution in [1.29, 1.82) is 0 Å². The van der Waals surface area contributed by atoms with Crippen LogP contribution in [0, 0.1) is 6.92 Å². The number of hydrogen-bond donors (Lipinski definition) is 1. The zero-order valence-electron chi connectivity index (χ0n) is 10.4. The smallest absolute Gasteiger partial charge is 0.141 e. The van der Waals surface area contributed by atoms with Gasteiger partial charge in [-0.3, -0.25) is 0 Å². The van der Waals surface area contributed by atoms with Crippen LogP contribution in [0.1, 0.15) is 24.2 Å². The van der Waals surface area contributed by atoms with Crippen molar-refractivity contribution >= 4 is 15.9 Å². The summed E-state index contributed by atoms with van der Waals surface area (Å²) in [5.41, 5.74) is 2.06. The summed E-state index contributed by atoms with van der Waals surface area (Å²) in [6.07, 6.45) is -0.454. The van der Waals surface area contributed by atoms with E-state index in [1.165, 1.54) is 5.56 Å². The predicted molar refractivity (Wildman–Crippen MR) is 76.0 cm³/mol. The van der Waals surface area contributed by atoms with Gasteiger partial charge in [0.1, 0.15) is 11.5 Å². The molecule has 3 heteroatoms. The molecular formula is C15H15BrO2. The molecule has 0 aliphatic heterocycles. The molecule has 18 heavy (non-hydrogen) atoms. The first-order valence-electron chi connectivity index (χ1n) is 5.78. The molecule has 2 aromatic rings. The fourth-order valence-corrected chi connectivity index (χ4v) is 2.20. The van der Waals surface area contributed by atoms with E-state index < -0.39 is 6.10 Å². The number of benzene rings is 2. The second-order valence-corrected chi connectivity index (χ2v) is 5.14. The van der Waals surface area contributed by atoms with Gasteiger partial charge in [0, 0.05) is 0 Å². The zero-order valence-corrected chi connectivity index (χ0v) is 11.9. The van der Waals surface area contributed by atoms with Gasteiger partial charge in [-0.25, -0.2) is 0 Å². The van der Waals surface area contributed by atoms with Gasteiger partial charge in [-0.2, -0.15) is 0 Å². The standard InChI is InChI=1S/C15H15BrO2/c1-10-3-8-15(14(16)9-10)18-13-6-4-12(5-7-13)11(2)17/h3-9,11,17H,1-2H3. The number of aliphatic hydroxyl groups excluding tert-OH is 1. The number of hydrogen-bond acceptors (Lipinski definition) is 2. The maximum atomic E-state index is 9.43. The van der Waals surface area contributed by atoms with Crippen LogP contribution in [0.2, 0.25) is 0 Å². The molecule has 2 rings (SSSR count). The van der Waals surface area contributed by atoms with Crippen molar-refractivity contribution in [3.63, 3.8) is 0 Å². The monoisotopic (exact) mass is 306 g/mol. The van der Waals surface area contributed by atoms with Gasteiger partial charge in [0.2, 0.25) is 0 Å². The van der Waals surface area contributed by atoms with Crippen LogP contribution in [0.25, 0.3) is 0 Å². The van der Waals surface area contributed by atoms with E-state index in [4.69, 9.17) is 4.74 Å². The summed E-state index contributed by atoms with van der Waals surface area (Å²) in [4.78, 5) is 0. The average Bonchev–Trinajstić information content (AvgIpc) is 2.33. The van der Waals surface area contributed by atoms with E-state index in [0.717, 1.165) is 21.5 Å². The Morgan fingerprint density at radius 2 is 1.78 bits per heavy atom. The van der Waals surface area contributed by atoms with Crippen LogP contribution in [0.4, 0.5) is 0 Å². The molecule has 1 N–H and O–H groups in total. The van der Waals surface area contributed by atoms with Crippen molar-refractivity contribution in [2.75, 3.05) is 0 Å². The van der Waals surface area contributed by atoms with Gasteiger partial charge >= 0.3 is 0 Å². The number of aryl methyl sites for hydroxylation is 1. The van der Waals surface area contributed by atoms with Crippen molar-refractivity contribution in [2.24, 2.45) is 0 Å². The second kappa shape index (κ2) is 5.55. The molecule has 94 valence electrons. The molecule has 0 radical (unpaired) electrons. The van der Waals surface area contributed by atoms with Crippen molar-refractivity contribution in [2.45, 2.75) is 20.0 Å². The summed E-state index contributed by atoms with van der Waals surface area (Å²) >= 11 is 3.48. The van der Waals surface area contributed by atoms with Gasteiger partial charge in [-0.15, -0.1) is 0 Å². The lowest BCUT2D eigenvalue weighted by atomic mass is 10.1. The molecular weight excluding hydrogens is 292 g/mol. The van der Waals surface area contributed by atoms with E-state index in [0.29, 0.717) is 0 Å². The van der Waals surface area contributed by atoms with Crippen LogP contribution in [0.5, 0.6) is 11.5 Å². The van der Waals surface area contributed by atoms with Crippen LogP contribution >= 0.6 is 15.9 Å². The third-order valence-corrected chi connectivity index (χ3v) is 3.30. The summed E-state index contributed by atoms with van der Waals surface area (Å²) in [6.45, 7) is 3.78. The topological polar surface area (TPSA) is 29.5 Å². The highest BCUT2D eigenvalue weighted by molar-refractivity contribution is 9.10. The molecule has 0 amide bonds. The highest BCUT2D eigenvalue weighted by Gasteiger charge is 2.04. The van der Waals surface area contributed by atoms with Crippen LogP contribution in [-0.4, -0.2) is 5.11 Å². The third-order valence-electron chi connectivity index (χ3n) is 2.68. The fourth-order valence-electron chi connectivity index (χ4n) is 1.63. The lowest BCUT2D eigenvalue weighted by Gasteiger charge is -2.10. The van der Waals surface area contributed by atoms with Gasteiger partial charge in [-0.1, -0.05) is 18.2 Å². The van der Waals surface area contributed by atoms with Crippen molar-refractivity contribution < 1.29 is 9.84 Å². The summed E-state index contributed by atoms with van der Waals surface area (Å²) in [5, 5.41) is 9.43. The van der Waals surface area contributed by atoms with Crippen LogP contribution in [0.3, 0.4) is 0 Å². The van der Waals surface area contributed by atoms with Gasteiger partial charge in [0.25, 0.3) is 0 Å². The normalized spacial score (nSPS) is 12.2. The lowest BCUT2D eigenvalue weighted by Crippen LogP contribution is -1.91. The van der Waals surface area contributed by atoms with Crippen LogP contribution in [-0.2, 0) is 0 Å². The van der Waals surface area contributed by atoms with E-state index in [1.807, 2.05) is 49.4 Å². The zero-order chi connectivity index (χ0) is 13.1. The lowest BCUT2D eigenvalue weighted by molar-refractivity contribution is 0.199. The minimum absolute atomic E-state index is 0.454. The molecule has 0 aromatic heterocycles. The van der Waals surface area contributed by atoms with E-state index >= 15 is 0 Å². The number of ether oxygens (including phenoxy) is 1. The van der Waals surface area contributed by atoms with Crippen LogP contribution < -0.4 is 4.74 Å². The van der Waals surface area contributed by atoms with Gasteiger partial charge in [-0.05, 0) is 65.2 Å². The van der Waals surface area contributed by atoms with Gasteiger partial charge in [0.05, 0.1) is 10.6 Å². The molecule has 2 nitrogen and oxygen atoms in total. The number of rotatable bonds is 3. The maximum absolute atomic E-state index is 9.43. The average molecular weight is 307 g/mol. The Balaban J connectivity index is 2.18. The minimum Gasteiger partial charge on any atom is -0.456 e. The third kappa shape index (κ3) is 3.12. The van der Waals surface area contributed by atoms with E-state index in [9.17, 15) is 5.11 Å². The molecule has 1 unspecified atom stereocenters. The quantitative estimate of drug-likeness (QED) is 0.897. The fraction of sp³-hybridized carbons (Fsp3) is 0.200. The highest BCUT2D eigenvalue weighted by Crippen LogP contribution is 2.30. The molecule has 2 aromatic carbocycles. The van der Waals surface area contributed by atoms with E-state index in [-0.39, 0.29) is 0 Å². The predicted octanol–water partition coefficient (Wildman–Crippen LogP) is 4.60. The molecule has 0 bridgehead atoms. The van der Waals surface area contributed by atoms with Gasteiger partial charge < -0.3 is 9.84 Å². The molecule has 0 saturated heterocycles. The van der Waals surface area contributed by atoms with Crippen LogP contribution in [0.15, 0.2) is 46.9 Å². The maximum Gasteiger partial charge on any atom is 0.141 e. The Kier molecular flexibility index (Phi) is 4.04. The highest BCUT2D eigenvalue weighted by atomic mass is 79.9. The largest absolute Gasteiger partial charge is 0.456 e. The van der Waals surface area contributed by atoms with Crippen molar-refractivity contribution in [3.05, 3.63) is 58.1 Å². The van der Waals surface area contributed by atoms with E-state index in [1.54, 1.807) is 6.92 Å². The Labute approximate surface area is 115 Å². The molecule has 0 spiro atoms. The summed E-state index contributed by atoms with van der Waals surface area (Å²) in [6, 6.07) is 13.4. The first-order chi connectivity index (χ1) is 8.56. The molecule has 0 heterocycles. The summed E-state index contributed by atoms with van der Waals surface area (Å²) in [7, 11) is 0. The Bertz CT molecular complexity index is 533. The minimum atomic E-state index is -0.454. The first-order valence-corrected chi connectivity index (χ1v) is 6.57.